The van der Waals surface area contributed by atoms with E-state index in [1.54, 1.807) is 12.1 Å². The molecule has 0 aliphatic heterocycles. The molecule has 0 heterocycles. The molecule has 0 aliphatic rings. The summed E-state index contributed by atoms with van der Waals surface area (Å²) >= 11 is 0. The second-order valence-corrected chi connectivity index (χ2v) is 13.4. The Balaban J connectivity index is 1.80. The molecule has 0 atom stereocenters. The predicted molar refractivity (Wildman–Crippen MR) is 142 cm³/mol. The summed E-state index contributed by atoms with van der Waals surface area (Å²) in [5.74, 6) is -0.619. The molecule has 0 aromatic heterocycles. The van der Waals surface area contributed by atoms with E-state index in [9.17, 15) is 23.4 Å². The number of aliphatic hydroxyl groups excluding tert-OH is 2. The molecule has 35 heavy (non-hydrogen) atoms. The van der Waals surface area contributed by atoms with Crippen LogP contribution in [0.3, 0.4) is 0 Å². The monoisotopic (exact) mass is 512 g/mol. The number of benzene rings is 4. The summed E-state index contributed by atoms with van der Waals surface area (Å²) in [4.78, 5) is 13.9. The Morgan fingerprint density at radius 2 is 1.31 bits per heavy atom. The van der Waals surface area contributed by atoms with E-state index in [-0.39, 0.29) is 41.2 Å². The number of rotatable bonds is 10. The third kappa shape index (κ3) is 5.42. The van der Waals surface area contributed by atoms with Crippen molar-refractivity contribution in [2.75, 3.05) is 30.5 Å². The number of ketones is 1. The molecule has 4 aromatic carbocycles. The molecular weight excluding hydrogens is 484 g/mol. The van der Waals surface area contributed by atoms with Crippen molar-refractivity contribution in [1.29, 1.82) is 0 Å². The van der Waals surface area contributed by atoms with E-state index in [2.05, 4.69) is 0 Å². The number of carbonyl (C=O) groups is 1. The van der Waals surface area contributed by atoms with Crippen LogP contribution in [0.25, 0.3) is 21.5 Å². The minimum Gasteiger partial charge on any atom is -0.395 e. The Morgan fingerprint density at radius 1 is 0.800 bits per heavy atom. The molecule has 4 aromatic rings. The van der Waals surface area contributed by atoms with Crippen molar-refractivity contribution in [3.05, 3.63) is 90.0 Å². The fourth-order valence-corrected chi connectivity index (χ4v) is 9.05. The third-order valence-corrected chi connectivity index (χ3v) is 11.3. The maximum atomic E-state index is 13.9. The Kier molecular flexibility index (Phi) is 7.59. The van der Waals surface area contributed by atoms with Crippen LogP contribution in [0.1, 0.15) is 15.9 Å². The smallest absolute Gasteiger partial charge is 0.306 e. The summed E-state index contributed by atoms with van der Waals surface area (Å²) in [5.41, 5.74) is 1.38. The van der Waals surface area contributed by atoms with Gasteiger partial charge in [-0.25, -0.2) is 3.63 Å². The maximum absolute atomic E-state index is 13.9. The summed E-state index contributed by atoms with van der Waals surface area (Å²) < 4.78 is 32.1. The van der Waals surface area contributed by atoms with E-state index in [0.29, 0.717) is 5.56 Å². The number of hydrogen-bond acceptors (Lipinski definition) is 6. The standard InChI is InChI=1S/C27H28O6S2/c1-20-10-12-23(13-11-20)35(31,32)33-34(16-14-28,17-15-29)19-26(30)27-24-8-4-2-6-21(24)18-22-7-3-5-9-25(22)27/h2-13,18,28-29H,14-17,19H2,1H3. The summed E-state index contributed by atoms with van der Waals surface area (Å²) in [5, 5.41) is 22.9. The SMILES string of the molecule is Cc1ccc(S(=O)(=O)OS(CCO)(CCO)CC(=O)c2c3ccccc3cc3ccccc23)cc1. The van der Waals surface area contributed by atoms with Gasteiger partial charge in [-0.3, -0.25) is 4.79 Å². The lowest BCUT2D eigenvalue weighted by molar-refractivity contribution is 0.102. The van der Waals surface area contributed by atoms with Crippen LogP contribution in [0, 0.1) is 6.92 Å². The third-order valence-electron chi connectivity index (χ3n) is 5.91. The molecule has 0 fully saturated rings. The van der Waals surface area contributed by atoms with Gasteiger partial charge in [0, 0.05) is 17.1 Å². The summed E-state index contributed by atoms with van der Waals surface area (Å²) in [6.07, 6.45) is 0. The van der Waals surface area contributed by atoms with Gasteiger partial charge in [0.2, 0.25) is 0 Å². The maximum Gasteiger partial charge on any atom is 0.306 e. The van der Waals surface area contributed by atoms with Crippen LogP contribution in [0.15, 0.2) is 83.8 Å². The van der Waals surface area contributed by atoms with Crippen LogP contribution in [0.2, 0.25) is 0 Å². The van der Waals surface area contributed by atoms with Crippen molar-refractivity contribution in [2.24, 2.45) is 0 Å². The molecule has 184 valence electrons. The zero-order chi connectivity index (χ0) is 25.1. The molecule has 0 aliphatic carbocycles. The molecule has 0 spiro atoms. The van der Waals surface area contributed by atoms with Crippen LogP contribution in [0.4, 0.5) is 0 Å². The quantitative estimate of drug-likeness (QED) is 0.238. The molecule has 8 heteroatoms. The largest absolute Gasteiger partial charge is 0.395 e. The molecule has 0 amide bonds. The van der Waals surface area contributed by atoms with Gasteiger partial charge in [-0.2, -0.15) is 8.42 Å². The fourth-order valence-electron chi connectivity index (χ4n) is 4.23. The molecule has 2 N–H and O–H groups in total. The number of aliphatic hydroxyl groups is 2. The van der Waals surface area contributed by atoms with Crippen LogP contribution < -0.4 is 0 Å². The zero-order valence-corrected chi connectivity index (χ0v) is 21.0. The molecular formula is C27H28O6S2. The molecule has 0 radical (unpaired) electrons. The second-order valence-electron chi connectivity index (χ2n) is 8.42. The topological polar surface area (TPSA) is 101 Å². The number of aryl methyl sites for hydroxylation is 1. The minimum absolute atomic E-state index is 0.0288. The predicted octanol–water partition coefficient (Wildman–Crippen LogP) is 4.59. The highest BCUT2D eigenvalue weighted by Crippen LogP contribution is 2.52. The normalized spacial score (nSPS) is 12.8. The molecule has 4 rings (SSSR count). The highest BCUT2D eigenvalue weighted by molar-refractivity contribution is 8.33. The number of hydrogen-bond donors (Lipinski definition) is 2. The molecule has 0 bridgehead atoms. The lowest BCUT2D eigenvalue weighted by atomic mass is 9.95. The average Bonchev–Trinajstić information content (AvgIpc) is 2.82. The average molecular weight is 513 g/mol. The first-order valence-corrected chi connectivity index (χ1v) is 14.7. The zero-order valence-electron chi connectivity index (χ0n) is 19.4. The summed E-state index contributed by atoms with van der Waals surface area (Å²) in [7, 11) is -6.96. The summed E-state index contributed by atoms with van der Waals surface area (Å²) in [6, 6.07) is 23.4. The van der Waals surface area contributed by atoms with E-state index in [1.165, 1.54) is 12.1 Å². The van der Waals surface area contributed by atoms with Crippen molar-refractivity contribution in [3.63, 3.8) is 0 Å². The van der Waals surface area contributed by atoms with E-state index < -0.39 is 20.4 Å². The fraction of sp³-hybridized carbons (Fsp3) is 0.222. The van der Waals surface area contributed by atoms with Gasteiger partial charge in [0.05, 0.1) is 23.9 Å². The molecule has 6 nitrogen and oxygen atoms in total. The highest BCUT2D eigenvalue weighted by atomic mass is 32.3. The second kappa shape index (κ2) is 10.5. The van der Waals surface area contributed by atoms with Gasteiger partial charge in [0.1, 0.15) is 0 Å². The van der Waals surface area contributed by atoms with E-state index in [4.69, 9.17) is 3.63 Å². The first-order chi connectivity index (χ1) is 16.8. The van der Waals surface area contributed by atoms with Crippen LogP contribution in [-0.2, 0) is 13.7 Å². The van der Waals surface area contributed by atoms with Crippen molar-refractivity contribution < 1.29 is 27.1 Å². The first kappa shape index (κ1) is 25.3. The van der Waals surface area contributed by atoms with E-state index >= 15 is 0 Å². The number of Topliss-reactive ketones (excluding diaryl/α,β-unsaturated/α-hetero) is 1. The van der Waals surface area contributed by atoms with Crippen molar-refractivity contribution in [2.45, 2.75) is 11.8 Å². The van der Waals surface area contributed by atoms with Crippen molar-refractivity contribution in [1.82, 2.24) is 0 Å². The Hall–Kier alpha value is -2.75. The van der Waals surface area contributed by atoms with Gasteiger partial charge < -0.3 is 10.2 Å². The Morgan fingerprint density at radius 3 is 1.83 bits per heavy atom. The van der Waals surface area contributed by atoms with Gasteiger partial charge in [0.15, 0.2) is 5.78 Å². The van der Waals surface area contributed by atoms with Crippen LogP contribution in [-0.4, -0.2) is 54.9 Å². The lowest BCUT2D eigenvalue weighted by Gasteiger charge is -2.37. The number of carbonyl (C=O) groups excluding carboxylic acids is 1. The van der Waals surface area contributed by atoms with Gasteiger partial charge in [-0.15, -0.1) is 10.3 Å². The van der Waals surface area contributed by atoms with Crippen LogP contribution >= 0.6 is 10.3 Å². The highest BCUT2D eigenvalue weighted by Gasteiger charge is 2.35. The molecule has 0 saturated carbocycles. The molecule has 0 saturated heterocycles. The van der Waals surface area contributed by atoms with Gasteiger partial charge in [0.25, 0.3) is 0 Å². The molecule has 0 unspecified atom stereocenters. The first-order valence-electron chi connectivity index (χ1n) is 11.2. The van der Waals surface area contributed by atoms with E-state index in [1.807, 2.05) is 61.5 Å². The van der Waals surface area contributed by atoms with Gasteiger partial charge in [-0.05, 0) is 46.7 Å². The van der Waals surface area contributed by atoms with Crippen molar-refractivity contribution in [3.8, 4) is 0 Å². The Bertz CT molecular complexity index is 1400. The lowest BCUT2D eigenvalue weighted by Crippen LogP contribution is -2.27. The number of fused-ring (bicyclic) bond motifs is 2. The van der Waals surface area contributed by atoms with Crippen molar-refractivity contribution >= 4 is 47.8 Å². The minimum atomic E-state index is -4.23. The van der Waals surface area contributed by atoms with Crippen LogP contribution in [0.5, 0.6) is 0 Å². The van der Waals surface area contributed by atoms with E-state index in [0.717, 1.165) is 27.1 Å². The van der Waals surface area contributed by atoms with Gasteiger partial charge >= 0.3 is 10.1 Å². The Labute approximate surface area is 206 Å². The van der Waals surface area contributed by atoms with Gasteiger partial charge in [-0.1, -0.05) is 66.2 Å². The summed E-state index contributed by atoms with van der Waals surface area (Å²) in [6.45, 7) is 1.10.